The average molecular weight is 466 g/mol. The summed E-state index contributed by atoms with van der Waals surface area (Å²) in [6.45, 7) is 12.0. The maximum atomic E-state index is 13.5. The predicted octanol–water partition coefficient (Wildman–Crippen LogP) is 5.88. The molecular weight excluding hydrogens is 438 g/mol. The van der Waals surface area contributed by atoms with Crippen LogP contribution in [0.1, 0.15) is 37.4 Å². The van der Waals surface area contributed by atoms with Crippen LogP contribution in [0.15, 0.2) is 12.1 Å². The zero-order chi connectivity index (χ0) is 20.9. The minimum Gasteiger partial charge on any atom is -0.305 e. The zero-order valence-corrected chi connectivity index (χ0v) is 20.6. The van der Waals surface area contributed by atoms with Gasteiger partial charge in [0.05, 0.1) is 46.8 Å². The van der Waals surface area contributed by atoms with Gasteiger partial charge in [0.25, 0.3) is 0 Å². The van der Waals surface area contributed by atoms with Gasteiger partial charge in [-0.1, -0.05) is 0 Å². The van der Waals surface area contributed by atoms with E-state index >= 15 is 0 Å². The Balaban J connectivity index is 2.71. The molecule has 0 saturated carbocycles. The molecule has 0 fully saturated rings. The molecule has 0 aliphatic heterocycles. The van der Waals surface area contributed by atoms with Gasteiger partial charge in [0.1, 0.15) is 0 Å². The molecule has 0 spiro atoms. The second-order valence-electron chi connectivity index (χ2n) is 5.81. The number of thiophene rings is 2. The van der Waals surface area contributed by atoms with Crippen LogP contribution >= 0.6 is 37.9 Å². The summed E-state index contributed by atoms with van der Waals surface area (Å²) in [6.07, 6.45) is 0. The summed E-state index contributed by atoms with van der Waals surface area (Å²) in [4.78, 5) is 3.39. The Kier molecular flexibility index (Phi) is 8.68. The highest BCUT2D eigenvalue weighted by atomic mass is 32.1. The molecule has 2 rings (SSSR count). The van der Waals surface area contributed by atoms with Gasteiger partial charge in [-0.2, -0.15) is 0 Å². The van der Waals surface area contributed by atoms with Gasteiger partial charge in [-0.25, -0.2) is 0 Å². The van der Waals surface area contributed by atoms with Crippen LogP contribution in [0.2, 0.25) is 0 Å². The molecule has 0 aromatic carbocycles. The van der Waals surface area contributed by atoms with Gasteiger partial charge in [-0.05, 0) is 53.7 Å². The topological polar surface area (TPSA) is 71.1 Å². The molecule has 0 atom stereocenters. The third-order valence-corrected chi connectivity index (χ3v) is 10.5. The first kappa shape index (κ1) is 24.0. The molecule has 0 bridgehead atoms. The molecule has 2 aromatic heterocycles. The highest BCUT2D eigenvalue weighted by Gasteiger charge is 2.37. The van der Waals surface area contributed by atoms with Crippen LogP contribution in [0.4, 0.5) is 0 Å². The van der Waals surface area contributed by atoms with E-state index < -0.39 is 15.2 Å². The van der Waals surface area contributed by atoms with Crippen LogP contribution in [0, 0.1) is 13.8 Å². The number of hydrogen-bond acceptors (Lipinski definition) is 8. The Bertz CT molecular complexity index is 797. The van der Waals surface area contributed by atoms with Gasteiger partial charge in [-0.15, -0.1) is 22.7 Å². The number of hydrogen-bond donors (Lipinski definition) is 0. The van der Waals surface area contributed by atoms with Crippen molar-refractivity contribution >= 4 is 48.5 Å². The van der Waals surface area contributed by atoms with E-state index in [1.165, 1.54) is 22.7 Å². The molecule has 10 heteroatoms. The second kappa shape index (κ2) is 10.1. The number of aryl methyl sites for hydroxylation is 2. The van der Waals surface area contributed by atoms with Crippen molar-refractivity contribution in [2.75, 3.05) is 26.4 Å². The molecule has 0 amide bonds. The third kappa shape index (κ3) is 5.05. The van der Waals surface area contributed by atoms with Gasteiger partial charge in [0.15, 0.2) is 0 Å². The Morgan fingerprint density at radius 3 is 1.21 bits per heavy atom. The first-order valence-corrected chi connectivity index (χ1v) is 14.0. The van der Waals surface area contributed by atoms with E-state index in [0.29, 0.717) is 10.6 Å². The Labute approximate surface area is 175 Å². The summed E-state index contributed by atoms with van der Waals surface area (Å²) in [7, 11) is -7.00. The summed E-state index contributed by atoms with van der Waals surface area (Å²) in [5.41, 5.74) is 0. The van der Waals surface area contributed by atoms with Gasteiger partial charge in [0, 0.05) is 9.75 Å². The molecule has 0 aliphatic rings. The summed E-state index contributed by atoms with van der Waals surface area (Å²) >= 11 is 2.94. The van der Waals surface area contributed by atoms with E-state index in [0.717, 1.165) is 19.5 Å². The zero-order valence-electron chi connectivity index (χ0n) is 17.1. The maximum absolute atomic E-state index is 13.5. The van der Waals surface area contributed by atoms with Crippen molar-refractivity contribution in [2.24, 2.45) is 0 Å². The van der Waals surface area contributed by atoms with Gasteiger partial charge in [0.2, 0.25) is 0 Å². The standard InChI is InChI=1S/C18H28O6P2S2/c1-7-21-25(19,22-8-2)15-11-13(5)27-17(15)18-16(12-14(6)28-18)26(20,23-9-3)24-10-4/h11-12H,7-10H2,1-6H3. The van der Waals surface area contributed by atoms with E-state index in [9.17, 15) is 9.13 Å². The molecule has 0 N–H and O–H groups in total. The minimum absolute atomic E-state index is 0.262. The SMILES string of the molecule is CCOP(=O)(OCC)c1cc(C)sc1-c1sc(C)cc1P(=O)(OCC)OCC. The lowest BCUT2D eigenvalue weighted by Gasteiger charge is -2.19. The van der Waals surface area contributed by atoms with Crippen LogP contribution in [-0.2, 0) is 27.2 Å². The van der Waals surface area contributed by atoms with E-state index in [4.69, 9.17) is 18.1 Å². The maximum Gasteiger partial charge on any atom is 0.362 e. The van der Waals surface area contributed by atoms with Crippen molar-refractivity contribution in [3.8, 4) is 9.75 Å². The Hall–Kier alpha value is -0.300. The lowest BCUT2D eigenvalue weighted by molar-refractivity contribution is 0.229. The molecule has 28 heavy (non-hydrogen) atoms. The van der Waals surface area contributed by atoms with Gasteiger partial charge >= 0.3 is 15.2 Å². The van der Waals surface area contributed by atoms with E-state index in [1.54, 1.807) is 27.7 Å². The third-order valence-electron chi connectivity index (χ3n) is 3.66. The van der Waals surface area contributed by atoms with Crippen LogP contribution in [0.5, 0.6) is 0 Å². The second-order valence-corrected chi connectivity index (χ2v) is 12.3. The molecule has 0 unspecified atom stereocenters. The molecule has 2 aromatic rings. The molecule has 0 saturated heterocycles. The first-order chi connectivity index (χ1) is 13.2. The fourth-order valence-electron chi connectivity index (χ4n) is 2.77. The molecular formula is C18H28O6P2S2. The lowest BCUT2D eigenvalue weighted by atomic mass is 10.3. The van der Waals surface area contributed by atoms with Crippen molar-refractivity contribution in [1.29, 1.82) is 0 Å². The highest BCUT2D eigenvalue weighted by Crippen LogP contribution is 2.55. The summed E-state index contributed by atoms with van der Waals surface area (Å²) in [5, 5.41) is 1.00. The predicted molar refractivity (Wildman–Crippen MR) is 118 cm³/mol. The minimum atomic E-state index is -3.50. The van der Waals surface area contributed by atoms with Crippen LogP contribution < -0.4 is 10.6 Å². The Morgan fingerprint density at radius 2 is 0.964 bits per heavy atom. The quantitative estimate of drug-likeness (QED) is 0.386. The fourth-order valence-corrected chi connectivity index (χ4v) is 9.51. The molecule has 0 radical (unpaired) electrons. The van der Waals surface area contributed by atoms with E-state index in [-0.39, 0.29) is 26.4 Å². The first-order valence-electron chi connectivity index (χ1n) is 9.25. The molecule has 158 valence electrons. The van der Waals surface area contributed by atoms with Crippen LogP contribution in [0.3, 0.4) is 0 Å². The van der Waals surface area contributed by atoms with Crippen molar-refractivity contribution in [2.45, 2.75) is 41.5 Å². The average Bonchev–Trinajstić information content (AvgIpc) is 3.19. The Morgan fingerprint density at radius 1 is 0.679 bits per heavy atom. The largest absolute Gasteiger partial charge is 0.362 e. The van der Waals surface area contributed by atoms with E-state index in [2.05, 4.69) is 0 Å². The normalized spacial score (nSPS) is 12.6. The molecule has 0 aliphatic carbocycles. The van der Waals surface area contributed by atoms with Crippen LogP contribution in [0.25, 0.3) is 9.75 Å². The van der Waals surface area contributed by atoms with Crippen LogP contribution in [-0.4, -0.2) is 26.4 Å². The van der Waals surface area contributed by atoms with Crippen molar-refractivity contribution in [3.63, 3.8) is 0 Å². The van der Waals surface area contributed by atoms with Gasteiger partial charge in [-0.3, -0.25) is 9.13 Å². The highest BCUT2D eigenvalue weighted by molar-refractivity contribution is 7.64. The molecule has 2 heterocycles. The molecule has 6 nitrogen and oxygen atoms in total. The van der Waals surface area contributed by atoms with Crippen molar-refractivity contribution in [3.05, 3.63) is 21.9 Å². The fraction of sp³-hybridized carbons (Fsp3) is 0.556. The van der Waals surface area contributed by atoms with E-state index in [1.807, 2.05) is 26.0 Å². The lowest BCUT2D eigenvalue weighted by Crippen LogP contribution is -2.15. The smallest absolute Gasteiger partial charge is 0.305 e. The summed E-state index contributed by atoms with van der Waals surface area (Å²) in [6, 6.07) is 3.66. The number of rotatable bonds is 11. The van der Waals surface area contributed by atoms with Gasteiger partial charge < -0.3 is 18.1 Å². The summed E-state index contributed by atoms with van der Waals surface area (Å²) < 4.78 is 49.2. The monoisotopic (exact) mass is 466 g/mol. The van der Waals surface area contributed by atoms with Crippen molar-refractivity contribution in [1.82, 2.24) is 0 Å². The summed E-state index contributed by atoms with van der Waals surface area (Å²) in [5.74, 6) is 0. The van der Waals surface area contributed by atoms with Crippen molar-refractivity contribution < 1.29 is 27.2 Å².